The number of fused-ring (bicyclic) bond motifs is 4. The van der Waals surface area contributed by atoms with Crippen molar-refractivity contribution in [3.8, 4) is 16.9 Å². The van der Waals surface area contributed by atoms with E-state index in [9.17, 15) is 0 Å². The van der Waals surface area contributed by atoms with Gasteiger partial charge in [0.25, 0.3) is 0 Å². The van der Waals surface area contributed by atoms with Gasteiger partial charge in [-0.3, -0.25) is 0 Å². The molecule has 7 heteroatoms. The Morgan fingerprint density at radius 2 is 1.45 bits per heavy atom. The Morgan fingerprint density at radius 3 is 2.22 bits per heavy atom. The number of hydrogen-bond acceptors (Lipinski definition) is 4. The van der Waals surface area contributed by atoms with E-state index >= 15 is 0 Å². The summed E-state index contributed by atoms with van der Waals surface area (Å²) in [7, 11) is 0. The molecule has 0 aliphatic carbocycles. The van der Waals surface area contributed by atoms with E-state index < -0.39 is 6.98 Å². The first-order chi connectivity index (χ1) is 24.6. The van der Waals surface area contributed by atoms with E-state index in [1.165, 1.54) is 16.7 Å². The van der Waals surface area contributed by atoms with Crippen molar-refractivity contribution in [3.05, 3.63) is 139 Å². The molecule has 0 spiro atoms. The van der Waals surface area contributed by atoms with Gasteiger partial charge in [-0.2, -0.15) is 29.2 Å². The largest absolute Gasteiger partial charge is 0.319 e. The summed E-state index contributed by atoms with van der Waals surface area (Å²) < 4.78 is 26.2. The molecule has 0 atom stereocenters. The number of para-hydroxylation sites is 3. The van der Waals surface area contributed by atoms with Crippen molar-refractivity contribution >= 4 is 50.6 Å². The first-order valence-corrected chi connectivity index (χ1v) is 17.1. The van der Waals surface area contributed by atoms with Crippen LogP contribution in [0.3, 0.4) is 0 Å². The summed E-state index contributed by atoms with van der Waals surface area (Å²) in [6.45, 7) is 6.60. The average molecular weight is 844 g/mol. The third-order valence-electron chi connectivity index (χ3n) is 8.91. The van der Waals surface area contributed by atoms with Crippen molar-refractivity contribution < 1.29 is 30.1 Å². The van der Waals surface area contributed by atoms with Gasteiger partial charge in [-0.1, -0.05) is 81.7 Å². The number of rotatable bonds is 7. The van der Waals surface area contributed by atoms with Crippen LogP contribution in [0.15, 0.2) is 125 Å². The summed E-state index contributed by atoms with van der Waals surface area (Å²) in [5.41, 5.74) is 8.99. The molecule has 0 amide bonds. The van der Waals surface area contributed by atoms with Gasteiger partial charge in [0.2, 0.25) is 0 Å². The third kappa shape index (κ3) is 5.97. The maximum Gasteiger partial charge on any atom is 0.145 e. The second-order valence-corrected chi connectivity index (χ2v) is 13.7. The van der Waals surface area contributed by atoms with Crippen LogP contribution in [0.2, 0.25) is 0 Å². The monoisotopic (exact) mass is 843 g/mol. The number of benzene rings is 5. The molecule has 0 saturated carbocycles. The zero-order chi connectivity index (χ0) is 35.4. The number of aromatic nitrogens is 2. The smallest absolute Gasteiger partial charge is 0.145 e. The molecule has 2 aromatic heterocycles. The minimum atomic E-state index is -2.41. The SMILES string of the molecule is [2H]C([2H])([2H])N1[OH+]N(c2[c-]c(Sc3[c-]c4c(cc3)c3ccccc3n4-c3cc(-c4c(C(C)C)cccc4C(C)C)ccn3)ccc2)c2ccccc21.[Pt]. The second-order valence-electron chi connectivity index (χ2n) is 12.7. The van der Waals surface area contributed by atoms with E-state index in [1.807, 2.05) is 42.6 Å². The Morgan fingerprint density at radius 1 is 0.735 bits per heavy atom. The molecule has 0 unspecified atom stereocenters. The van der Waals surface area contributed by atoms with Crippen LogP contribution in [0.4, 0.5) is 17.1 Å². The number of pyridine rings is 1. The second kappa shape index (κ2) is 13.5. The average Bonchev–Trinajstić information content (AvgIpc) is 3.68. The maximum absolute atomic E-state index is 8.01. The van der Waals surface area contributed by atoms with Crippen molar-refractivity contribution in [1.82, 2.24) is 9.55 Å². The molecule has 8 rings (SSSR count). The minimum absolute atomic E-state index is 0. The molecule has 49 heavy (non-hydrogen) atoms. The van der Waals surface area contributed by atoms with Crippen LogP contribution >= 0.6 is 11.8 Å². The van der Waals surface area contributed by atoms with Crippen LogP contribution in [0, 0.1) is 12.1 Å². The summed E-state index contributed by atoms with van der Waals surface area (Å²) in [6, 6.07) is 44.0. The van der Waals surface area contributed by atoms with Crippen molar-refractivity contribution in [2.75, 3.05) is 17.1 Å². The molecule has 1 aliphatic rings. The first kappa shape index (κ1) is 29.6. The number of hydroxylamine groups is 1. The molecule has 0 fully saturated rings. The minimum Gasteiger partial charge on any atom is -0.319 e. The van der Waals surface area contributed by atoms with Crippen molar-refractivity contribution in [2.45, 2.75) is 49.3 Å². The van der Waals surface area contributed by atoms with Gasteiger partial charge in [0.05, 0.1) is 11.1 Å². The molecule has 5 aromatic carbocycles. The fourth-order valence-electron chi connectivity index (χ4n) is 6.68. The van der Waals surface area contributed by atoms with Crippen molar-refractivity contribution in [2.24, 2.45) is 0 Å². The first-order valence-electron chi connectivity index (χ1n) is 17.7. The molecule has 3 heterocycles. The van der Waals surface area contributed by atoms with Crippen molar-refractivity contribution in [1.29, 1.82) is 0 Å². The van der Waals surface area contributed by atoms with Crippen LogP contribution in [0.1, 0.15) is 54.8 Å². The summed E-state index contributed by atoms with van der Waals surface area (Å²) in [4.78, 5) is 11.2. The number of hydrogen-bond donors (Lipinski definition) is 0. The maximum atomic E-state index is 8.01. The van der Waals surface area contributed by atoms with Gasteiger partial charge >= 0.3 is 0 Å². The van der Waals surface area contributed by atoms with E-state index in [1.54, 1.807) is 22.9 Å². The van der Waals surface area contributed by atoms with Crippen LogP contribution in [-0.2, 0) is 21.1 Å². The zero-order valence-electron chi connectivity index (χ0n) is 30.6. The molecule has 0 saturated heterocycles. The summed E-state index contributed by atoms with van der Waals surface area (Å²) in [5, 5.41) is 4.96. The molecule has 1 N–H and O–H groups in total. The standard InChI is InChI=1S/C42H36N4OS.Pt/c1-27(2)33-15-11-16-34(28(3)4)42(33)29-22-23-43-41(24-29)45-37-17-7-6-14-35(37)36-21-20-32(26-40(36)45)48-31-13-10-12-30(25-31)46-39-19-9-8-18-38(39)44(5)47-46;/h6-24,27-28H,1-5H3;/q-2;/p+1/i5D3;. The summed E-state index contributed by atoms with van der Waals surface area (Å²) in [5.74, 6) is 1.59. The Kier molecular flexibility index (Phi) is 8.15. The molecule has 0 radical (unpaired) electrons. The van der Waals surface area contributed by atoms with Gasteiger partial charge in [0.1, 0.15) is 17.2 Å². The number of anilines is 3. The van der Waals surface area contributed by atoms with Crippen LogP contribution in [-0.4, -0.2) is 21.5 Å². The normalized spacial score (nSPS) is 13.9. The summed E-state index contributed by atoms with van der Waals surface area (Å²) in [6.07, 6.45) is 1.92. The molecule has 0 bridgehead atoms. The predicted molar refractivity (Wildman–Crippen MR) is 199 cm³/mol. The van der Waals surface area contributed by atoms with E-state index in [0.29, 0.717) is 28.9 Å². The van der Waals surface area contributed by atoms with Gasteiger partial charge < -0.3 is 4.57 Å². The molecule has 248 valence electrons. The van der Waals surface area contributed by atoms with E-state index in [-0.39, 0.29) is 21.1 Å². The van der Waals surface area contributed by atoms with Gasteiger partial charge in [-0.15, -0.1) is 55.3 Å². The fraction of sp³-hybridized carbons (Fsp3) is 0.167. The van der Waals surface area contributed by atoms with E-state index in [2.05, 4.69) is 116 Å². The Labute approximate surface area is 310 Å². The molecule has 7 aromatic rings. The topological polar surface area (TPSA) is 37.1 Å². The van der Waals surface area contributed by atoms with E-state index in [4.69, 9.17) is 9.10 Å². The van der Waals surface area contributed by atoms with Crippen LogP contribution in [0.5, 0.6) is 0 Å². The zero-order valence-corrected chi connectivity index (χ0v) is 30.7. The van der Waals surface area contributed by atoms with Crippen LogP contribution < -0.4 is 10.1 Å². The Balaban J connectivity index is 0.00000420. The molecule has 1 aliphatic heterocycles. The third-order valence-corrected chi connectivity index (χ3v) is 9.83. The van der Waals surface area contributed by atoms with Gasteiger partial charge in [-0.25, -0.2) is 4.98 Å². The molecule has 5 nitrogen and oxygen atoms in total. The Bertz CT molecular complexity index is 2400. The fourth-order valence-corrected chi connectivity index (χ4v) is 7.50. The summed E-state index contributed by atoms with van der Waals surface area (Å²) >= 11 is 1.55. The van der Waals surface area contributed by atoms with Crippen LogP contribution in [0.25, 0.3) is 38.8 Å². The van der Waals surface area contributed by atoms with Crippen molar-refractivity contribution in [3.63, 3.8) is 0 Å². The predicted octanol–water partition coefficient (Wildman–Crippen LogP) is 11.3. The molecular formula is C42H37N4OPtS-. The van der Waals surface area contributed by atoms with Gasteiger partial charge in [0, 0.05) is 38.5 Å². The number of nitrogens with zero attached hydrogens (tertiary/aromatic N) is 4. The quantitative estimate of drug-likeness (QED) is 0.118. The molecular weight excluding hydrogens is 804 g/mol. The van der Waals surface area contributed by atoms with Gasteiger partial charge in [-0.05, 0) is 69.8 Å². The Hall–Kier alpha value is -4.35. The van der Waals surface area contributed by atoms with Gasteiger partial charge in [0.15, 0.2) is 0 Å². The van der Waals surface area contributed by atoms with E-state index in [0.717, 1.165) is 48.0 Å².